The van der Waals surface area contributed by atoms with Crippen LogP contribution in [0.5, 0.6) is 0 Å². The highest BCUT2D eigenvalue weighted by Gasteiger charge is 2.29. The van der Waals surface area contributed by atoms with Gasteiger partial charge in [-0.05, 0) is 18.9 Å². The van der Waals surface area contributed by atoms with Gasteiger partial charge in [0.15, 0.2) is 5.82 Å². The molecule has 0 atom stereocenters. The second-order valence-electron chi connectivity index (χ2n) is 5.08. The van der Waals surface area contributed by atoms with E-state index in [0.717, 1.165) is 37.0 Å². The van der Waals surface area contributed by atoms with Gasteiger partial charge in [0.25, 0.3) is 0 Å². The lowest BCUT2D eigenvalue weighted by Crippen LogP contribution is -2.39. The van der Waals surface area contributed by atoms with E-state index in [4.69, 9.17) is 0 Å². The van der Waals surface area contributed by atoms with Gasteiger partial charge in [0.2, 0.25) is 0 Å². The fraction of sp³-hybridized carbons (Fsp3) is 0.538. The second kappa shape index (κ2) is 4.57. The maximum atomic E-state index is 10.4. The smallest absolute Gasteiger partial charge is 0.152 e. The lowest BCUT2D eigenvalue weighted by atomic mass is 9.85. The second-order valence-corrected chi connectivity index (χ2v) is 5.08. The number of hydrogen-bond donors (Lipinski definition) is 2. The van der Waals surface area contributed by atoms with Crippen LogP contribution >= 0.6 is 0 Å². The number of hydrogen-bond acceptors (Lipinski definition) is 4. The summed E-state index contributed by atoms with van der Waals surface area (Å²) in [6.07, 6.45) is 10.5. The summed E-state index contributed by atoms with van der Waals surface area (Å²) in [4.78, 5) is 4.31. The van der Waals surface area contributed by atoms with Gasteiger partial charge in [0.05, 0.1) is 11.8 Å². The van der Waals surface area contributed by atoms with Crippen LogP contribution in [-0.2, 0) is 0 Å². The van der Waals surface area contributed by atoms with Crippen LogP contribution < -0.4 is 5.32 Å². The molecule has 2 N–H and O–H groups in total. The summed E-state index contributed by atoms with van der Waals surface area (Å²) in [5.41, 5.74) is 0.365. The highest BCUT2D eigenvalue weighted by molar-refractivity contribution is 5.66. The number of nitrogens with one attached hydrogen (secondary N) is 1. The number of aliphatic hydroxyl groups is 1. The molecular formula is C13H18N4O. The lowest BCUT2D eigenvalue weighted by molar-refractivity contribution is 0.0167. The summed E-state index contributed by atoms with van der Waals surface area (Å²) in [6, 6.07) is 1.92. The molecule has 2 aromatic rings. The average Bonchev–Trinajstić information content (AvgIpc) is 2.86. The zero-order valence-corrected chi connectivity index (χ0v) is 10.3. The van der Waals surface area contributed by atoms with E-state index in [2.05, 4.69) is 15.4 Å². The molecule has 0 aliphatic heterocycles. The van der Waals surface area contributed by atoms with E-state index in [9.17, 15) is 5.11 Å². The van der Waals surface area contributed by atoms with Crippen molar-refractivity contribution in [1.82, 2.24) is 14.6 Å². The molecule has 18 heavy (non-hydrogen) atoms. The Morgan fingerprint density at radius 3 is 2.94 bits per heavy atom. The monoisotopic (exact) mass is 246 g/mol. The van der Waals surface area contributed by atoms with E-state index in [0.29, 0.717) is 6.54 Å². The summed E-state index contributed by atoms with van der Waals surface area (Å²) in [7, 11) is 0. The predicted molar refractivity (Wildman–Crippen MR) is 69.5 cm³/mol. The van der Waals surface area contributed by atoms with Gasteiger partial charge in [-0.15, -0.1) is 0 Å². The van der Waals surface area contributed by atoms with Gasteiger partial charge in [-0.25, -0.2) is 9.50 Å². The molecule has 1 saturated carbocycles. The van der Waals surface area contributed by atoms with Crippen LogP contribution in [-0.4, -0.2) is 31.9 Å². The molecule has 1 aliphatic carbocycles. The molecule has 1 aliphatic rings. The van der Waals surface area contributed by atoms with Crippen LogP contribution in [0.25, 0.3) is 5.52 Å². The van der Waals surface area contributed by atoms with Crippen LogP contribution in [0.15, 0.2) is 24.7 Å². The number of anilines is 1. The first-order chi connectivity index (χ1) is 8.77. The topological polar surface area (TPSA) is 62.5 Å². The van der Waals surface area contributed by atoms with Gasteiger partial charge in [-0.1, -0.05) is 19.3 Å². The molecule has 5 nitrogen and oxygen atoms in total. The quantitative estimate of drug-likeness (QED) is 0.867. The Labute approximate surface area is 106 Å². The van der Waals surface area contributed by atoms with Crippen molar-refractivity contribution in [3.63, 3.8) is 0 Å². The Bertz CT molecular complexity index is 531. The van der Waals surface area contributed by atoms with Gasteiger partial charge < -0.3 is 10.4 Å². The summed E-state index contributed by atoms with van der Waals surface area (Å²) in [5.74, 6) is 0.786. The van der Waals surface area contributed by atoms with E-state index >= 15 is 0 Å². The minimum absolute atomic E-state index is 0.560. The third-order valence-corrected chi connectivity index (χ3v) is 3.69. The fourth-order valence-electron chi connectivity index (χ4n) is 2.63. The van der Waals surface area contributed by atoms with Crippen LogP contribution in [0.3, 0.4) is 0 Å². The van der Waals surface area contributed by atoms with Crippen molar-refractivity contribution in [3.05, 3.63) is 24.7 Å². The van der Waals surface area contributed by atoms with Gasteiger partial charge in [0, 0.05) is 18.9 Å². The molecule has 0 bridgehead atoms. The average molecular weight is 246 g/mol. The summed E-state index contributed by atoms with van der Waals surface area (Å²) in [6.45, 7) is 0.560. The van der Waals surface area contributed by atoms with E-state index in [1.165, 1.54) is 6.42 Å². The lowest BCUT2D eigenvalue weighted by Gasteiger charge is -2.32. The molecule has 0 saturated heterocycles. The van der Waals surface area contributed by atoms with Gasteiger partial charge >= 0.3 is 0 Å². The van der Waals surface area contributed by atoms with Crippen molar-refractivity contribution in [2.45, 2.75) is 37.7 Å². The SMILES string of the molecule is OC1(CNc2nccn3nccc23)CCCCC1. The number of fused-ring (bicyclic) bond motifs is 1. The van der Waals surface area contributed by atoms with Crippen molar-refractivity contribution < 1.29 is 5.11 Å². The Morgan fingerprint density at radius 1 is 1.28 bits per heavy atom. The minimum Gasteiger partial charge on any atom is -0.388 e. The van der Waals surface area contributed by atoms with E-state index in [-0.39, 0.29) is 0 Å². The Morgan fingerprint density at radius 2 is 2.11 bits per heavy atom. The zero-order valence-electron chi connectivity index (χ0n) is 10.3. The Kier molecular flexibility index (Phi) is 2.91. The van der Waals surface area contributed by atoms with Crippen molar-refractivity contribution >= 4 is 11.3 Å². The van der Waals surface area contributed by atoms with Crippen molar-refractivity contribution in [2.75, 3.05) is 11.9 Å². The minimum atomic E-state index is -0.577. The molecule has 0 amide bonds. The normalized spacial score (nSPS) is 18.9. The third kappa shape index (κ3) is 2.18. The Balaban J connectivity index is 1.74. The molecule has 0 unspecified atom stereocenters. The largest absolute Gasteiger partial charge is 0.388 e. The predicted octanol–water partition coefficient (Wildman–Crippen LogP) is 1.84. The molecule has 0 radical (unpaired) electrons. The van der Waals surface area contributed by atoms with E-state index in [1.807, 2.05) is 12.3 Å². The molecule has 1 fully saturated rings. The maximum absolute atomic E-state index is 10.4. The molecular weight excluding hydrogens is 228 g/mol. The van der Waals surface area contributed by atoms with E-state index < -0.39 is 5.60 Å². The Hall–Kier alpha value is -1.62. The molecule has 3 rings (SSSR count). The van der Waals surface area contributed by atoms with Crippen LogP contribution in [0.4, 0.5) is 5.82 Å². The summed E-state index contributed by atoms with van der Waals surface area (Å²) < 4.78 is 1.78. The van der Waals surface area contributed by atoms with Crippen molar-refractivity contribution in [3.8, 4) is 0 Å². The molecule has 96 valence electrons. The van der Waals surface area contributed by atoms with Gasteiger partial charge in [-0.3, -0.25) is 0 Å². The van der Waals surface area contributed by atoms with Gasteiger partial charge in [0.1, 0.15) is 5.52 Å². The van der Waals surface area contributed by atoms with Crippen LogP contribution in [0.1, 0.15) is 32.1 Å². The number of aromatic nitrogens is 3. The summed E-state index contributed by atoms with van der Waals surface area (Å²) in [5, 5.41) is 17.9. The van der Waals surface area contributed by atoms with Crippen molar-refractivity contribution in [1.29, 1.82) is 0 Å². The molecule has 0 spiro atoms. The first kappa shape index (κ1) is 11.5. The highest BCUT2D eigenvalue weighted by atomic mass is 16.3. The first-order valence-electron chi connectivity index (χ1n) is 6.51. The van der Waals surface area contributed by atoms with E-state index in [1.54, 1.807) is 16.9 Å². The van der Waals surface area contributed by atoms with Crippen molar-refractivity contribution in [2.24, 2.45) is 0 Å². The molecule has 5 heteroatoms. The number of nitrogens with zero attached hydrogens (tertiary/aromatic N) is 3. The highest BCUT2D eigenvalue weighted by Crippen LogP contribution is 2.28. The molecule has 2 aromatic heterocycles. The first-order valence-corrected chi connectivity index (χ1v) is 6.51. The molecule has 2 heterocycles. The maximum Gasteiger partial charge on any atom is 0.152 e. The summed E-state index contributed by atoms with van der Waals surface area (Å²) >= 11 is 0. The zero-order chi connectivity index (χ0) is 12.4. The van der Waals surface area contributed by atoms with Crippen LogP contribution in [0.2, 0.25) is 0 Å². The van der Waals surface area contributed by atoms with Crippen LogP contribution in [0, 0.1) is 0 Å². The number of rotatable bonds is 3. The van der Waals surface area contributed by atoms with Gasteiger partial charge in [-0.2, -0.15) is 5.10 Å². The molecule has 0 aromatic carbocycles. The third-order valence-electron chi connectivity index (χ3n) is 3.69. The standard InChI is InChI=1S/C13H18N4O/c18-13(5-2-1-3-6-13)10-15-12-11-4-7-16-17(11)9-8-14-12/h4,7-9,18H,1-3,5-6,10H2,(H,14,15). The fourth-order valence-corrected chi connectivity index (χ4v) is 2.63.